The Morgan fingerprint density at radius 2 is 2.31 bits per heavy atom. The van der Waals surface area contributed by atoms with Gasteiger partial charge in [0, 0.05) is 6.20 Å². The molecule has 1 aromatic heterocycles. The third kappa shape index (κ3) is 3.00. The predicted molar refractivity (Wildman–Crippen MR) is 59.4 cm³/mol. The zero-order valence-electron chi connectivity index (χ0n) is 9.45. The van der Waals surface area contributed by atoms with Crippen molar-refractivity contribution in [3.63, 3.8) is 0 Å². The van der Waals surface area contributed by atoms with Gasteiger partial charge in [-0.25, -0.2) is 4.39 Å². The molecule has 1 aromatic rings. The van der Waals surface area contributed by atoms with Crippen molar-refractivity contribution in [2.75, 3.05) is 13.6 Å². The third-order valence-electron chi connectivity index (χ3n) is 2.93. The second-order valence-corrected chi connectivity index (χ2v) is 4.34. The van der Waals surface area contributed by atoms with Crippen molar-refractivity contribution < 1.29 is 9.13 Å². The van der Waals surface area contributed by atoms with E-state index in [-0.39, 0.29) is 5.82 Å². The summed E-state index contributed by atoms with van der Waals surface area (Å²) in [6.07, 6.45) is 5.39. The second kappa shape index (κ2) is 5.37. The Morgan fingerprint density at radius 3 is 3.00 bits per heavy atom. The van der Waals surface area contributed by atoms with Gasteiger partial charge in [-0.2, -0.15) is 0 Å². The molecule has 0 aromatic carbocycles. The van der Waals surface area contributed by atoms with E-state index in [1.165, 1.54) is 12.3 Å². The van der Waals surface area contributed by atoms with Gasteiger partial charge in [0.05, 0.1) is 18.9 Å². The van der Waals surface area contributed by atoms with Crippen LogP contribution in [0.15, 0.2) is 18.5 Å². The summed E-state index contributed by atoms with van der Waals surface area (Å²) >= 11 is 0. The minimum atomic E-state index is -0.303. The Bertz CT molecular complexity index is 340. The average molecular weight is 224 g/mol. The number of ether oxygens (including phenoxy) is 1. The monoisotopic (exact) mass is 224 g/mol. The standard InChI is InChI=1S/C12H17FN2O/c1-14-5-9-3-12(4-9)16-8-10-2-11(13)7-15-6-10/h2,6-7,9,12,14H,3-5,8H2,1H3. The highest BCUT2D eigenvalue weighted by atomic mass is 19.1. The largest absolute Gasteiger partial charge is 0.373 e. The van der Waals surface area contributed by atoms with Gasteiger partial charge in [-0.15, -0.1) is 0 Å². The summed E-state index contributed by atoms with van der Waals surface area (Å²) < 4.78 is 18.5. The van der Waals surface area contributed by atoms with E-state index in [1.807, 2.05) is 7.05 Å². The summed E-state index contributed by atoms with van der Waals surface area (Å²) in [5, 5.41) is 3.16. The summed E-state index contributed by atoms with van der Waals surface area (Å²) in [6.45, 7) is 1.52. The van der Waals surface area contributed by atoms with Gasteiger partial charge in [-0.1, -0.05) is 0 Å². The lowest BCUT2D eigenvalue weighted by molar-refractivity contribution is -0.0392. The van der Waals surface area contributed by atoms with E-state index in [0.29, 0.717) is 12.7 Å². The normalized spacial score (nSPS) is 24.1. The van der Waals surface area contributed by atoms with Crippen LogP contribution < -0.4 is 5.32 Å². The molecule has 0 saturated heterocycles. The van der Waals surface area contributed by atoms with E-state index in [9.17, 15) is 4.39 Å². The number of aromatic nitrogens is 1. The number of halogens is 1. The van der Waals surface area contributed by atoms with Crippen molar-refractivity contribution in [1.82, 2.24) is 10.3 Å². The quantitative estimate of drug-likeness (QED) is 0.827. The highest BCUT2D eigenvalue weighted by Crippen LogP contribution is 2.29. The lowest BCUT2D eigenvalue weighted by atomic mass is 9.82. The van der Waals surface area contributed by atoms with Crippen molar-refractivity contribution in [3.8, 4) is 0 Å². The van der Waals surface area contributed by atoms with Crippen molar-refractivity contribution in [3.05, 3.63) is 29.8 Å². The van der Waals surface area contributed by atoms with Crippen LogP contribution in [0.25, 0.3) is 0 Å². The van der Waals surface area contributed by atoms with Crippen molar-refractivity contribution in [1.29, 1.82) is 0 Å². The van der Waals surface area contributed by atoms with Crippen LogP contribution in [0.1, 0.15) is 18.4 Å². The van der Waals surface area contributed by atoms with Crippen molar-refractivity contribution >= 4 is 0 Å². The third-order valence-corrected chi connectivity index (χ3v) is 2.93. The van der Waals surface area contributed by atoms with E-state index in [1.54, 1.807) is 6.20 Å². The molecule has 3 nitrogen and oxygen atoms in total. The second-order valence-electron chi connectivity index (χ2n) is 4.34. The SMILES string of the molecule is CNCC1CC(OCc2cncc(F)c2)C1. The van der Waals surface area contributed by atoms with Crippen LogP contribution >= 0.6 is 0 Å². The molecule has 2 rings (SSSR count). The van der Waals surface area contributed by atoms with Gasteiger partial charge in [0.25, 0.3) is 0 Å². The molecule has 0 amide bonds. The molecule has 0 radical (unpaired) electrons. The molecule has 1 aliphatic carbocycles. The van der Waals surface area contributed by atoms with Gasteiger partial charge in [0.2, 0.25) is 0 Å². The van der Waals surface area contributed by atoms with Crippen LogP contribution in [-0.2, 0) is 11.3 Å². The fourth-order valence-corrected chi connectivity index (χ4v) is 2.01. The van der Waals surface area contributed by atoms with Crippen LogP contribution in [0.2, 0.25) is 0 Å². The Kier molecular flexibility index (Phi) is 3.85. The molecule has 0 unspecified atom stereocenters. The topological polar surface area (TPSA) is 34.1 Å². The minimum absolute atomic E-state index is 0.303. The lowest BCUT2D eigenvalue weighted by Gasteiger charge is -2.35. The van der Waals surface area contributed by atoms with Gasteiger partial charge >= 0.3 is 0 Å². The first-order valence-electron chi connectivity index (χ1n) is 5.63. The molecule has 0 atom stereocenters. The molecule has 16 heavy (non-hydrogen) atoms. The van der Waals surface area contributed by atoms with Crippen molar-refractivity contribution in [2.45, 2.75) is 25.6 Å². The number of rotatable bonds is 5. The summed E-state index contributed by atoms with van der Waals surface area (Å²) in [5.74, 6) is 0.434. The first-order valence-corrected chi connectivity index (χ1v) is 5.63. The van der Waals surface area contributed by atoms with E-state index >= 15 is 0 Å². The van der Waals surface area contributed by atoms with E-state index in [0.717, 1.165) is 30.9 Å². The highest BCUT2D eigenvalue weighted by Gasteiger charge is 2.28. The van der Waals surface area contributed by atoms with Gasteiger partial charge in [0.1, 0.15) is 5.82 Å². The molecule has 0 spiro atoms. The Balaban J connectivity index is 1.69. The number of hydrogen-bond acceptors (Lipinski definition) is 3. The van der Waals surface area contributed by atoms with E-state index < -0.39 is 0 Å². The van der Waals surface area contributed by atoms with Crippen LogP contribution in [0, 0.1) is 11.7 Å². The maximum Gasteiger partial charge on any atom is 0.141 e. The Labute approximate surface area is 95.0 Å². The fourth-order valence-electron chi connectivity index (χ4n) is 2.01. The summed E-state index contributed by atoms with van der Waals surface area (Å²) in [4.78, 5) is 3.79. The molecule has 1 aliphatic rings. The lowest BCUT2D eigenvalue weighted by Crippen LogP contribution is -2.36. The van der Waals surface area contributed by atoms with Crippen LogP contribution in [0.5, 0.6) is 0 Å². The molecule has 1 saturated carbocycles. The smallest absolute Gasteiger partial charge is 0.141 e. The number of hydrogen-bond donors (Lipinski definition) is 1. The molecule has 0 bridgehead atoms. The summed E-state index contributed by atoms with van der Waals surface area (Å²) in [5.41, 5.74) is 0.803. The minimum Gasteiger partial charge on any atom is -0.373 e. The van der Waals surface area contributed by atoms with Crippen molar-refractivity contribution in [2.24, 2.45) is 5.92 Å². The molecule has 1 heterocycles. The van der Waals surface area contributed by atoms with E-state index in [4.69, 9.17) is 4.74 Å². The number of nitrogens with one attached hydrogen (secondary N) is 1. The van der Waals surface area contributed by atoms with E-state index in [2.05, 4.69) is 10.3 Å². The highest BCUT2D eigenvalue weighted by molar-refractivity contribution is 5.08. The first-order chi connectivity index (χ1) is 7.78. The van der Waals surface area contributed by atoms with Gasteiger partial charge in [-0.3, -0.25) is 4.98 Å². The fraction of sp³-hybridized carbons (Fsp3) is 0.583. The van der Waals surface area contributed by atoms with Gasteiger partial charge < -0.3 is 10.1 Å². The van der Waals surface area contributed by atoms with Crippen LogP contribution in [-0.4, -0.2) is 24.7 Å². The molecule has 1 fully saturated rings. The van der Waals surface area contributed by atoms with Crippen LogP contribution in [0.3, 0.4) is 0 Å². The predicted octanol–water partition coefficient (Wildman–Crippen LogP) is 1.74. The molecule has 1 N–H and O–H groups in total. The molecular weight excluding hydrogens is 207 g/mol. The first kappa shape index (κ1) is 11.5. The summed E-state index contributed by atoms with van der Waals surface area (Å²) in [6, 6.07) is 1.47. The van der Waals surface area contributed by atoms with Gasteiger partial charge in [0.15, 0.2) is 0 Å². The Hall–Kier alpha value is -1.00. The zero-order valence-corrected chi connectivity index (χ0v) is 9.45. The van der Waals surface area contributed by atoms with Gasteiger partial charge in [-0.05, 0) is 44.0 Å². The average Bonchev–Trinajstić information content (AvgIpc) is 2.21. The number of nitrogens with zero attached hydrogens (tertiary/aromatic N) is 1. The summed E-state index contributed by atoms with van der Waals surface area (Å²) in [7, 11) is 1.96. The number of pyridine rings is 1. The maximum absolute atomic E-state index is 12.8. The zero-order chi connectivity index (χ0) is 11.4. The Morgan fingerprint density at radius 1 is 1.50 bits per heavy atom. The molecule has 88 valence electrons. The molecule has 4 heteroatoms. The molecular formula is C12H17FN2O. The maximum atomic E-state index is 12.8. The van der Waals surface area contributed by atoms with Crippen LogP contribution in [0.4, 0.5) is 4.39 Å². The molecule has 0 aliphatic heterocycles.